The van der Waals surface area contributed by atoms with E-state index in [9.17, 15) is 9.59 Å². The lowest BCUT2D eigenvalue weighted by atomic mass is 9.89. The first-order valence-corrected chi connectivity index (χ1v) is 11.1. The molecule has 0 radical (unpaired) electrons. The van der Waals surface area contributed by atoms with Gasteiger partial charge in [-0.1, -0.05) is 54.6 Å². The molecule has 3 aromatic rings. The maximum Gasteiger partial charge on any atom is 0.251 e. The molecule has 2 atom stereocenters. The summed E-state index contributed by atoms with van der Waals surface area (Å²) in [6.45, 7) is 3.62. The summed E-state index contributed by atoms with van der Waals surface area (Å²) in [4.78, 5) is 29.7. The molecule has 5 heteroatoms. The molecule has 4 rings (SSSR count). The molecule has 1 aliphatic heterocycles. The molecule has 5 nitrogen and oxygen atoms in total. The van der Waals surface area contributed by atoms with E-state index < -0.39 is 0 Å². The van der Waals surface area contributed by atoms with E-state index in [1.807, 2.05) is 95.6 Å². The van der Waals surface area contributed by atoms with Gasteiger partial charge in [-0.25, -0.2) is 0 Å². The number of ether oxygens (including phenoxy) is 1. The van der Waals surface area contributed by atoms with Gasteiger partial charge in [-0.05, 0) is 49.2 Å². The second-order valence-corrected chi connectivity index (χ2v) is 8.17. The molecule has 1 aliphatic rings. The summed E-state index contributed by atoms with van der Waals surface area (Å²) in [5.74, 6) is 0.589. The third-order valence-corrected chi connectivity index (χ3v) is 6.03. The minimum atomic E-state index is -0.154. The average molecular weight is 441 g/mol. The van der Waals surface area contributed by atoms with Crippen LogP contribution in [0.15, 0.2) is 84.9 Å². The summed E-state index contributed by atoms with van der Waals surface area (Å²) in [7, 11) is 1.62. The molecule has 0 aromatic heterocycles. The van der Waals surface area contributed by atoms with Crippen molar-refractivity contribution < 1.29 is 14.3 Å². The number of hydrogen-bond donors (Lipinski definition) is 0. The Morgan fingerprint density at radius 2 is 1.64 bits per heavy atom. The van der Waals surface area contributed by atoms with Gasteiger partial charge in [-0.2, -0.15) is 0 Å². The fourth-order valence-corrected chi connectivity index (χ4v) is 4.58. The maximum absolute atomic E-state index is 13.3. The fourth-order valence-electron chi connectivity index (χ4n) is 4.58. The van der Waals surface area contributed by atoms with Crippen LogP contribution in [-0.2, 0) is 9.59 Å². The third kappa shape index (κ3) is 4.53. The molecular weight excluding hydrogens is 412 g/mol. The highest BCUT2D eigenvalue weighted by Crippen LogP contribution is 2.42. The van der Waals surface area contributed by atoms with E-state index in [1.165, 1.54) is 0 Å². The number of carbonyl (C=O) groups excluding carboxylic acids is 2. The van der Waals surface area contributed by atoms with Crippen LogP contribution in [0.4, 0.5) is 11.4 Å². The molecule has 0 fully saturated rings. The van der Waals surface area contributed by atoms with E-state index in [-0.39, 0.29) is 23.9 Å². The summed E-state index contributed by atoms with van der Waals surface area (Å²) in [5, 5.41) is 0. The Morgan fingerprint density at radius 1 is 0.970 bits per heavy atom. The van der Waals surface area contributed by atoms with Crippen LogP contribution < -0.4 is 14.5 Å². The standard InChI is InChI=1S/C28H28N2O3/c1-20-19-26(30(21(2)31)23-12-5-4-6-13-23)24-14-8-9-15-25(24)29(20)28(32)18-17-22-11-7-10-16-27(22)33-3/h4-18,20,26H,19H2,1-3H3. The van der Waals surface area contributed by atoms with Crippen LogP contribution in [0.3, 0.4) is 0 Å². The van der Waals surface area contributed by atoms with Crippen molar-refractivity contribution in [2.75, 3.05) is 16.9 Å². The van der Waals surface area contributed by atoms with Crippen molar-refractivity contribution in [3.8, 4) is 5.75 Å². The summed E-state index contributed by atoms with van der Waals surface area (Å²) in [5.41, 5.74) is 3.50. The van der Waals surface area contributed by atoms with Gasteiger partial charge < -0.3 is 14.5 Å². The molecule has 0 spiro atoms. The zero-order valence-corrected chi connectivity index (χ0v) is 19.1. The van der Waals surface area contributed by atoms with Crippen molar-refractivity contribution in [2.24, 2.45) is 0 Å². The van der Waals surface area contributed by atoms with Crippen LogP contribution >= 0.6 is 0 Å². The Bertz CT molecular complexity index is 1170. The monoisotopic (exact) mass is 440 g/mol. The topological polar surface area (TPSA) is 49.9 Å². The minimum Gasteiger partial charge on any atom is -0.496 e. The zero-order valence-electron chi connectivity index (χ0n) is 19.1. The van der Waals surface area contributed by atoms with Crippen LogP contribution in [-0.4, -0.2) is 25.0 Å². The first-order valence-electron chi connectivity index (χ1n) is 11.1. The fraction of sp³-hybridized carbons (Fsp3) is 0.214. The molecule has 1 heterocycles. The van der Waals surface area contributed by atoms with E-state index in [4.69, 9.17) is 4.74 Å². The Labute approximate surface area is 194 Å². The van der Waals surface area contributed by atoms with E-state index in [1.54, 1.807) is 26.2 Å². The number of nitrogens with zero attached hydrogens (tertiary/aromatic N) is 2. The van der Waals surface area contributed by atoms with Gasteiger partial charge in [0.15, 0.2) is 0 Å². The number of para-hydroxylation sites is 3. The summed E-state index contributed by atoms with van der Waals surface area (Å²) < 4.78 is 5.39. The van der Waals surface area contributed by atoms with Crippen molar-refractivity contribution in [1.29, 1.82) is 0 Å². The SMILES string of the molecule is COc1ccccc1C=CC(=O)N1c2ccccc2C(N(C(C)=O)c2ccccc2)CC1C. The van der Waals surface area contributed by atoms with Gasteiger partial charge in [-0.15, -0.1) is 0 Å². The molecule has 0 bridgehead atoms. The molecular formula is C28H28N2O3. The van der Waals surface area contributed by atoms with Crippen LogP contribution in [0, 0.1) is 0 Å². The quantitative estimate of drug-likeness (QED) is 0.483. The van der Waals surface area contributed by atoms with Crippen LogP contribution in [0.2, 0.25) is 0 Å². The highest BCUT2D eigenvalue weighted by atomic mass is 16.5. The number of carbonyl (C=O) groups is 2. The van der Waals surface area contributed by atoms with E-state index in [2.05, 4.69) is 0 Å². The second kappa shape index (κ2) is 9.74. The average Bonchev–Trinajstić information content (AvgIpc) is 2.83. The van der Waals surface area contributed by atoms with Crippen molar-refractivity contribution in [1.82, 2.24) is 0 Å². The third-order valence-electron chi connectivity index (χ3n) is 6.03. The van der Waals surface area contributed by atoms with E-state index in [0.717, 1.165) is 22.5 Å². The number of amides is 2. The number of anilines is 2. The van der Waals surface area contributed by atoms with Gasteiger partial charge in [0.05, 0.1) is 13.2 Å². The van der Waals surface area contributed by atoms with E-state index in [0.29, 0.717) is 12.2 Å². The molecule has 0 N–H and O–H groups in total. The Morgan fingerprint density at radius 3 is 2.36 bits per heavy atom. The lowest BCUT2D eigenvalue weighted by molar-refractivity contribution is -0.117. The lowest BCUT2D eigenvalue weighted by Crippen LogP contribution is -2.47. The number of methoxy groups -OCH3 is 1. The van der Waals surface area contributed by atoms with Gasteiger partial charge >= 0.3 is 0 Å². The maximum atomic E-state index is 13.3. The van der Waals surface area contributed by atoms with Gasteiger partial charge in [0.25, 0.3) is 5.91 Å². The summed E-state index contributed by atoms with van der Waals surface area (Å²) in [6, 6.07) is 24.9. The van der Waals surface area contributed by atoms with Gasteiger partial charge in [-0.3, -0.25) is 9.59 Å². The predicted octanol–water partition coefficient (Wildman–Crippen LogP) is 5.63. The van der Waals surface area contributed by atoms with Crippen LogP contribution in [0.5, 0.6) is 5.75 Å². The highest BCUT2D eigenvalue weighted by molar-refractivity contribution is 6.05. The zero-order chi connectivity index (χ0) is 23.4. The Kier molecular flexibility index (Phi) is 6.59. The number of benzene rings is 3. The van der Waals surface area contributed by atoms with Gasteiger partial charge in [0.2, 0.25) is 5.91 Å². The Hall–Kier alpha value is -3.86. The molecule has 3 aromatic carbocycles. The summed E-state index contributed by atoms with van der Waals surface area (Å²) in [6.07, 6.45) is 4.01. The number of hydrogen-bond acceptors (Lipinski definition) is 3. The predicted molar refractivity (Wildman–Crippen MR) is 132 cm³/mol. The first kappa shape index (κ1) is 22.3. The largest absolute Gasteiger partial charge is 0.496 e. The van der Waals surface area contributed by atoms with Crippen LogP contribution in [0.1, 0.15) is 37.4 Å². The van der Waals surface area contributed by atoms with Crippen molar-refractivity contribution in [3.05, 3.63) is 96.1 Å². The smallest absolute Gasteiger partial charge is 0.251 e. The normalized spacial score (nSPS) is 17.5. The lowest BCUT2D eigenvalue weighted by Gasteiger charge is -2.43. The second-order valence-electron chi connectivity index (χ2n) is 8.17. The molecule has 0 aliphatic carbocycles. The molecule has 168 valence electrons. The van der Waals surface area contributed by atoms with Crippen molar-refractivity contribution in [2.45, 2.75) is 32.4 Å². The number of rotatable bonds is 5. The first-order chi connectivity index (χ1) is 16.0. The number of fused-ring (bicyclic) bond motifs is 1. The minimum absolute atomic E-state index is 0.0240. The van der Waals surface area contributed by atoms with Crippen molar-refractivity contribution in [3.63, 3.8) is 0 Å². The highest BCUT2D eigenvalue weighted by Gasteiger charge is 2.37. The molecule has 2 amide bonds. The Balaban J connectivity index is 1.69. The summed E-state index contributed by atoms with van der Waals surface area (Å²) >= 11 is 0. The molecule has 0 saturated carbocycles. The van der Waals surface area contributed by atoms with Crippen LogP contribution in [0.25, 0.3) is 6.08 Å². The van der Waals surface area contributed by atoms with Crippen molar-refractivity contribution >= 4 is 29.3 Å². The van der Waals surface area contributed by atoms with E-state index >= 15 is 0 Å². The molecule has 33 heavy (non-hydrogen) atoms. The molecule has 0 saturated heterocycles. The van der Waals surface area contributed by atoms with Gasteiger partial charge in [0, 0.05) is 36.0 Å². The van der Waals surface area contributed by atoms with Gasteiger partial charge in [0.1, 0.15) is 5.75 Å². The molecule has 2 unspecified atom stereocenters.